The first-order chi connectivity index (χ1) is 9.08. The van der Waals surface area contributed by atoms with Crippen LogP contribution >= 0.6 is 0 Å². The number of hydrogen-bond donors (Lipinski definition) is 2. The molecule has 2 aromatic rings. The normalized spacial score (nSPS) is 10.9. The van der Waals surface area contributed by atoms with Gasteiger partial charge in [0.05, 0.1) is 0 Å². The average molecular weight is 267 g/mol. The summed E-state index contributed by atoms with van der Waals surface area (Å²) in [6.07, 6.45) is 2.50. The van der Waals surface area contributed by atoms with Crippen molar-refractivity contribution < 1.29 is 13.9 Å². The maximum atomic E-state index is 13.1. The number of phenolic OH excluding ortho intramolecular Hbond substituents is 1. The van der Waals surface area contributed by atoms with Gasteiger partial charge in [-0.25, -0.2) is 8.78 Å². The number of nitrogens with zero attached hydrogens (tertiary/aromatic N) is 2. The Kier molecular flexibility index (Phi) is 4.11. The van der Waals surface area contributed by atoms with Crippen LogP contribution in [-0.4, -0.2) is 21.4 Å². The van der Waals surface area contributed by atoms with E-state index in [4.69, 9.17) is 5.11 Å². The Hall–Kier alpha value is -1.95. The van der Waals surface area contributed by atoms with Gasteiger partial charge in [0.1, 0.15) is 0 Å². The van der Waals surface area contributed by atoms with Crippen molar-refractivity contribution in [1.29, 1.82) is 0 Å². The van der Waals surface area contributed by atoms with Crippen LogP contribution in [0.2, 0.25) is 0 Å². The van der Waals surface area contributed by atoms with Crippen LogP contribution in [0.15, 0.2) is 24.4 Å². The number of rotatable bonds is 5. The maximum absolute atomic E-state index is 13.1. The van der Waals surface area contributed by atoms with Gasteiger partial charge >= 0.3 is 0 Å². The van der Waals surface area contributed by atoms with Crippen molar-refractivity contribution in [3.05, 3.63) is 47.3 Å². The summed E-state index contributed by atoms with van der Waals surface area (Å²) in [5.41, 5.74) is 1.54. The van der Waals surface area contributed by atoms with E-state index in [0.29, 0.717) is 18.7 Å². The molecule has 0 radical (unpaired) electrons. The van der Waals surface area contributed by atoms with Crippen LogP contribution < -0.4 is 5.32 Å². The van der Waals surface area contributed by atoms with Gasteiger partial charge in [-0.15, -0.1) is 0 Å². The lowest BCUT2D eigenvalue weighted by Gasteiger charge is -2.07. The van der Waals surface area contributed by atoms with Gasteiger partial charge < -0.3 is 10.4 Å². The molecule has 0 aliphatic carbocycles. The lowest BCUT2D eigenvalue weighted by molar-refractivity contribution is 0.395. The first-order valence-corrected chi connectivity index (χ1v) is 5.92. The predicted molar refractivity (Wildman–Crippen MR) is 66.6 cm³/mol. The molecule has 1 aromatic carbocycles. The number of aromatic hydroxyl groups is 1. The number of aromatic nitrogens is 2. The van der Waals surface area contributed by atoms with Crippen LogP contribution in [0.5, 0.6) is 5.75 Å². The zero-order chi connectivity index (χ0) is 13.8. The molecule has 2 N–H and O–H groups in total. The third kappa shape index (κ3) is 3.29. The van der Waals surface area contributed by atoms with E-state index in [1.165, 1.54) is 0 Å². The van der Waals surface area contributed by atoms with Crippen molar-refractivity contribution >= 4 is 0 Å². The third-order valence-corrected chi connectivity index (χ3v) is 2.89. The Morgan fingerprint density at radius 3 is 2.58 bits per heavy atom. The first-order valence-electron chi connectivity index (χ1n) is 5.92. The third-order valence-electron chi connectivity index (χ3n) is 2.89. The molecule has 4 nitrogen and oxygen atoms in total. The molecule has 0 aliphatic rings. The quantitative estimate of drug-likeness (QED) is 0.811. The zero-order valence-corrected chi connectivity index (χ0v) is 10.5. The summed E-state index contributed by atoms with van der Waals surface area (Å²) < 4.78 is 28.0. The Morgan fingerprint density at radius 2 is 2.00 bits per heavy atom. The van der Waals surface area contributed by atoms with E-state index in [-0.39, 0.29) is 0 Å². The van der Waals surface area contributed by atoms with E-state index in [9.17, 15) is 8.78 Å². The molecule has 1 aromatic heterocycles. The summed E-state index contributed by atoms with van der Waals surface area (Å²) >= 11 is 0. The van der Waals surface area contributed by atoms with Crippen molar-refractivity contribution in [2.45, 2.75) is 13.0 Å². The summed E-state index contributed by atoms with van der Waals surface area (Å²) in [4.78, 5) is 0. The molecule has 6 heteroatoms. The van der Waals surface area contributed by atoms with Crippen LogP contribution in [0, 0.1) is 11.6 Å². The number of benzene rings is 1. The van der Waals surface area contributed by atoms with Crippen LogP contribution in [0.1, 0.15) is 11.3 Å². The minimum Gasteiger partial charge on any atom is -0.503 e. The molecule has 0 saturated heterocycles. The van der Waals surface area contributed by atoms with E-state index in [1.807, 2.05) is 13.1 Å². The number of hydrogen-bond acceptors (Lipinski definition) is 3. The topological polar surface area (TPSA) is 50.1 Å². The highest BCUT2D eigenvalue weighted by molar-refractivity contribution is 5.29. The van der Waals surface area contributed by atoms with E-state index >= 15 is 0 Å². The van der Waals surface area contributed by atoms with Crippen LogP contribution in [-0.2, 0) is 20.0 Å². The minimum absolute atomic E-state index is 0.339. The molecule has 0 spiro atoms. The van der Waals surface area contributed by atoms with Gasteiger partial charge in [0.25, 0.3) is 0 Å². The van der Waals surface area contributed by atoms with Crippen molar-refractivity contribution in [2.24, 2.45) is 7.05 Å². The molecule has 0 fully saturated rings. The van der Waals surface area contributed by atoms with E-state index < -0.39 is 17.4 Å². The molecule has 2 rings (SSSR count). The monoisotopic (exact) mass is 267 g/mol. The largest absolute Gasteiger partial charge is 0.503 e. The second-order valence-electron chi connectivity index (χ2n) is 4.28. The molecule has 0 atom stereocenters. The molecule has 0 aliphatic heterocycles. The predicted octanol–water partition coefficient (Wildman–Crippen LogP) is 1.74. The molecule has 0 bridgehead atoms. The van der Waals surface area contributed by atoms with Gasteiger partial charge in [-0.2, -0.15) is 5.10 Å². The SMILES string of the molecule is Cn1nccc1CCNCc1cc(F)c(O)c(F)c1. The van der Waals surface area contributed by atoms with Crippen molar-refractivity contribution in [3.63, 3.8) is 0 Å². The second-order valence-corrected chi connectivity index (χ2v) is 4.28. The highest BCUT2D eigenvalue weighted by Crippen LogP contribution is 2.21. The zero-order valence-electron chi connectivity index (χ0n) is 10.5. The summed E-state index contributed by atoms with van der Waals surface area (Å²) in [5, 5.41) is 16.1. The average Bonchev–Trinajstić information content (AvgIpc) is 2.77. The Morgan fingerprint density at radius 1 is 1.32 bits per heavy atom. The molecule has 19 heavy (non-hydrogen) atoms. The van der Waals surface area contributed by atoms with Crippen LogP contribution in [0.25, 0.3) is 0 Å². The fourth-order valence-electron chi connectivity index (χ4n) is 1.82. The van der Waals surface area contributed by atoms with Gasteiger partial charge in [-0.3, -0.25) is 4.68 Å². The van der Waals surface area contributed by atoms with Crippen LogP contribution in [0.3, 0.4) is 0 Å². The van der Waals surface area contributed by atoms with Crippen molar-refractivity contribution in [3.8, 4) is 5.75 Å². The number of aryl methyl sites for hydroxylation is 1. The second kappa shape index (κ2) is 5.79. The lowest BCUT2D eigenvalue weighted by Crippen LogP contribution is -2.18. The van der Waals surface area contributed by atoms with E-state index in [0.717, 1.165) is 24.2 Å². The first kappa shape index (κ1) is 13.5. The van der Waals surface area contributed by atoms with E-state index in [2.05, 4.69) is 10.4 Å². The summed E-state index contributed by atoms with van der Waals surface area (Å²) in [5.74, 6) is -2.81. The Bertz CT molecular complexity index is 546. The van der Waals surface area contributed by atoms with Gasteiger partial charge in [-0.05, 0) is 23.8 Å². The highest BCUT2D eigenvalue weighted by atomic mass is 19.1. The summed E-state index contributed by atoms with van der Waals surface area (Å²) in [7, 11) is 1.86. The molecule has 0 saturated carbocycles. The number of phenols is 1. The standard InChI is InChI=1S/C13H15F2N3O/c1-18-10(3-5-17-18)2-4-16-8-9-6-11(14)13(19)12(15)7-9/h3,5-7,16,19H,2,4,8H2,1H3. The molecule has 1 heterocycles. The van der Waals surface area contributed by atoms with E-state index in [1.54, 1.807) is 10.9 Å². The van der Waals surface area contributed by atoms with Gasteiger partial charge in [0, 0.05) is 38.4 Å². The van der Waals surface area contributed by atoms with Crippen molar-refractivity contribution in [1.82, 2.24) is 15.1 Å². The molecule has 0 amide bonds. The fourth-order valence-corrected chi connectivity index (χ4v) is 1.82. The number of halogens is 2. The summed E-state index contributed by atoms with van der Waals surface area (Å²) in [6.45, 7) is 1.01. The van der Waals surface area contributed by atoms with Crippen molar-refractivity contribution in [2.75, 3.05) is 6.54 Å². The maximum Gasteiger partial charge on any atom is 0.187 e. The minimum atomic E-state index is -0.941. The number of nitrogens with one attached hydrogen (secondary N) is 1. The molecular weight excluding hydrogens is 252 g/mol. The fraction of sp³-hybridized carbons (Fsp3) is 0.308. The van der Waals surface area contributed by atoms with Gasteiger partial charge in [0.2, 0.25) is 0 Å². The van der Waals surface area contributed by atoms with Gasteiger partial charge in [0.15, 0.2) is 17.4 Å². The molecular formula is C13H15F2N3O. The molecule has 0 unspecified atom stereocenters. The summed E-state index contributed by atoms with van der Waals surface area (Å²) in [6, 6.07) is 4.16. The highest BCUT2D eigenvalue weighted by Gasteiger charge is 2.09. The van der Waals surface area contributed by atoms with Gasteiger partial charge in [-0.1, -0.05) is 0 Å². The van der Waals surface area contributed by atoms with Crippen LogP contribution in [0.4, 0.5) is 8.78 Å². The smallest absolute Gasteiger partial charge is 0.187 e. The Labute approximate surface area is 109 Å². The lowest BCUT2D eigenvalue weighted by atomic mass is 10.2. The Balaban J connectivity index is 1.85. The molecule has 102 valence electrons.